The van der Waals surface area contributed by atoms with Gasteiger partial charge in [-0.1, -0.05) is 12.1 Å². The Bertz CT molecular complexity index is 1220. The van der Waals surface area contributed by atoms with Crippen molar-refractivity contribution in [1.82, 2.24) is 19.6 Å². The van der Waals surface area contributed by atoms with Gasteiger partial charge in [0.15, 0.2) is 11.3 Å². The van der Waals surface area contributed by atoms with Crippen LogP contribution in [0.3, 0.4) is 0 Å². The number of nitrogens with one attached hydrogen (secondary N) is 1. The van der Waals surface area contributed by atoms with Gasteiger partial charge in [0.2, 0.25) is 0 Å². The number of nitrogens with zero attached hydrogens (tertiary/aromatic N) is 4. The highest BCUT2D eigenvalue weighted by Crippen LogP contribution is 2.32. The Labute approximate surface area is 168 Å². The first-order valence-electron chi connectivity index (χ1n) is 8.75. The molecule has 3 aromatic heterocycles. The molecule has 0 saturated heterocycles. The third-order valence-corrected chi connectivity index (χ3v) is 4.19. The molecule has 0 aliphatic carbocycles. The molecule has 152 valence electrons. The molecule has 30 heavy (non-hydrogen) atoms. The summed E-state index contributed by atoms with van der Waals surface area (Å²) in [5.41, 5.74) is 1.82. The normalized spacial score (nSPS) is 11.5. The van der Waals surface area contributed by atoms with Crippen LogP contribution in [-0.4, -0.2) is 31.9 Å². The van der Waals surface area contributed by atoms with Crippen molar-refractivity contribution in [2.75, 3.05) is 5.32 Å². The number of halogens is 3. The maximum Gasteiger partial charge on any atom is 0.573 e. The number of carbonyl (C=O) groups is 1. The molecule has 7 nitrogen and oxygen atoms in total. The van der Waals surface area contributed by atoms with Gasteiger partial charge < -0.3 is 10.1 Å². The van der Waals surface area contributed by atoms with Gasteiger partial charge in [-0.3, -0.25) is 9.78 Å². The van der Waals surface area contributed by atoms with Gasteiger partial charge in [-0.05, 0) is 43.3 Å². The number of para-hydroxylation sites is 1. The summed E-state index contributed by atoms with van der Waals surface area (Å²) >= 11 is 0. The van der Waals surface area contributed by atoms with Crippen molar-refractivity contribution in [2.45, 2.75) is 13.3 Å². The summed E-state index contributed by atoms with van der Waals surface area (Å²) in [6.45, 7) is 1.65. The summed E-state index contributed by atoms with van der Waals surface area (Å²) in [6.07, 6.45) is -1.78. The van der Waals surface area contributed by atoms with E-state index in [1.807, 2.05) is 0 Å². The van der Waals surface area contributed by atoms with Gasteiger partial charge in [-0.15, -0.1) is 13.2 Å². The topological polar surface area (TPSA) is 81.4 Å². The van der Waals surface area contributed by atoms with Gasteiger partial charge in [0.25, 0.3) is 5.91 Å². The van der Waals surface area contributed by atoms with Crippen molar-refractivity contribution >= 4 is 17.2 Å². The lowest BCUT2D eigenvalue weighted by atomic mass is 10.1. The van der Waals surface area contributed by atoms with E-state index in [-0.39, 0.29) is 17.0 Å². The van der Waals surface area contributed by atoms with Crippen molar-refractivity contribution in [3.8, 4) is 17.0 Å². The molecule has 4 aromatic rings. The number of benzene rings is 1. The Hall–Kier alpha value is -3.95. The first-order valence-corrected chi connectivity index (χ1v) is 8.75. The molecule has 1 aromatic carbocycles. The highest BCUT2D eigenvalue weighted by molar-refractivity contribution is 6.04. The number of amides is 1. The third-order valence-electron chi connectivity index (χ3n) is 4.19. The number of carbonyl (C=O) groups excluding carboxylic acids is 1. The van der Waals surface area contributed by atoms with Crippen molar-refractivity contribution in [3.05, 3.63) is 72.3 Å². The van der Waals surface area contributed by atoms with E-state index in [1.54, 1.807) is 31.2 Å². The summed E-state index contributed by atoms with van der Waals surface area (Å²) in [4.78, 5) is 21.0. The van der Waals surface area contributed by atoms with E-state index in [9.17, 15) is 18.0 Å². The number of aromatic nitrogens is 4. The molecule has 10 heteroatoms. The lowest BCUT2D eigenvalue weighted by molar-refractivity contribution is -0.274. The van der Waals surface area contributed by atoms with Crippen LogP contribution in [-0.2, 0) is 0 Å². The van der Waals surface area contributed by atoms with Crippen LogP contribution in [0.5, 0.6) is 5.75 Å². The van der Waals surface area contributed by atoms with Crippen molar-refractivity contribution in [3.63, 3.8) is 0 Å². The molecule has 1 N–H and O–H groups in total. The zero-order chi connectivity index (χ0) is 21.3. The molecule has 0 bridgehead atoms. The monoisotopic (exact) mass is 413 g/mol. The van der Waals surface area contributed by atoms with Crippen LogP contribution in [0, 0.1) is 6.92 Å². The standard InChI is InChI=1S/C20H14F3N5O2/c1-12-18(19(29)26-13-8-10-24-11-9-13)28-17(25-12)7-6-15(27-28)14-4-2-3-5-16(14)30-20(21,22)23/h2-11H,1H3,(H,24,26,29). The quantitative estimate of drug-likeness (QED) is 0.541. The van der Waals surface area contributed by atoms with Crippen molar-refractivity contribution < 1.29 is 22.7 Å². The largest absolute Gasteiger partial charge is 0.573 e. The van der Waals surface area contributed by atoms with Gasteiger partial charge in [-0.25, -0.2) is 9.50 Å². The molecule has 0 spiro atoms. The lowest BCUT2D eigenvalue weighted by Crippen LogP contribution is -2.18. The van der Waals surface area contributed by atoms with Gasteiger partial charge in [0.1, 0.15) is 5.75 Å². The Balaban J connectivity index is 1.77. The summed E-state index contributed by atoms with van der Waals surface area (Å²) in [5.74, 6) is -0.854. The number of imidazole rings is 1. The van der Waals surface area contributed by atoms with Crippen LogP contribution in [0.25, 0.3) is 16.9 Å². The molecule has 0 aliphatic heterocycles. The SMILES string of the molecule is Cc1nc2ccc(-c3ccccc3OC(F)(F)F)nn2c1C(=O)Nc1ccncc1. The summed E-state index contributed by atoms with van der Waals surface area (Å²) in [5, 5.41) is 7.08. The smallest absolute Gasteiger partial charge is 0.405 e. The molecule has 0 atom stereocenters. The Morgan fingerprint density at radius 1 is 1.07 bits per heavy atom. The van der Waals surface area contributed by atoms with Crippen LogP contribution in [0.4, 0.5) is 18.9 Å². The van der Waals surface area contributed by atoms with E-state index in [0.29, 0.717) is 17.0 Å². The van der Waals surface area contributed by atoms with Gasteiger partial charge in [0, 0.05) is 23.6 Å². The van der Waals surface area contributed by atoms with Crippen LogP contribution < -0.4 is 10.1 Å². The Kier molecular flexibility index (Phi) is 4.82. The zero-order valence-corrected chi connectivity index (χ0v) is 15.5. The van der Waals surface area contributed by atoms with Crippen molar-refractivity contribution in [1.29, 1.82) is 0 Å². The lowest BCUT2D eigenvalue weighted by Gasteiger charge is -2.13. The number of anilines is 1. The van der Waals surface area contributed by atoms with E-state index < -0.39 is 18.0 Å². The minimum atomic E-state index is -4.85. The van der Waals surface area contributed by atoms with Gasteiger partial charge in [0.05, 0.1) is 11.4 Å². The summed E-state index contributed by atoms with van der Waals surface area (Å²) in [6, 6.07) is 12.0. The first kappa shape index (κ1) is 19.4. The fourth-order valence-electron chi connectivity index (χ4n) is 2.97. The fraction of sp³-hybridized carbons (Fsp3) is 0.100. The first-order chi connectivity index (χ1) is 14.3. The predicted molar refractivity (Wildman–Crippen MR) is 102 cm³/mol. The Morgan fingerprint density at radius 2 is 1.80 bits per heavy atom. The van der Waals surface area contributed by atoms with Crippen LogP contribution >= 0.6 is 0 Å². The molecule has 0 fully saturated rings. The van der Waals surface area contributed by atoms with E-state index in [1.165, 1.54) is 41.2 Å². The van der Waals surface area contributed by atoms with E-state index >= 15 is 0 Å². The molecule has 0 aliphatic rings. The second-order valence-electron chi connectivity index (χ2n) is 6.27. The number of hydrogen-bond acceptors (Lipinski definition) is 5. The predicted octanol–water partition coefficient (Wildman–Crippen LogP) is 4.25. The third kappa shape index (κ3) is 3.93. The minimum Gasteiger partial charge on any atom is -0.405 e. The maximum atomic E-state index is 12.8. The van der Waals surface area contributed by atoms with Gasteiger partial charge >= 0.3 is 6.36 Å². The maximum absolute atomic E-state index is 12.8. The molecular weight excluding hydrogens is 399 g/mol. The summed E-state index contributed by atoms with van der Waals surface area (Å²) < 4.78 is 43.7. The van der Waals surface area contributed by atoms with Crippen LogP contribution in [0.15, 0.2) is 60.9 Å². The summed E-state index contributed by atoms with van der Waals surface area (Å²) in [7, 11) is 0. The number of hydrogen-bond donors (Lipinski definition) is 1. The minimum absolute atomic E-state index is 0.128. The highest BCUT2D eigenvalue weighted by atomic mass is 19.4. The van der Waals surface area contributed by atoms with Crippen LogP contribution in [0.2, 0.25) is 0 Å². The van der Waals surface area contributed by atoms with E-state index in [2.05, 4.69) is 25.1 Å². The van der Waals surface area contributed by atoms with E-state index in [4.69, 9.17) is 0 Å². The number of fused-ring (bicyclic) bond motifs is 1. The number of aryl methyl sites for hydroxylation is 1. The molecule has 0 radical (unpaired) electrons. The molecule has 0 saturated carbocycles. The Morgan fingerprint density at radius 3 is 2.53 bits per heavy atom. The average Bonchev–Trinajstić information content (AvgIpc) is 3.03. The second-order valence-corrected chi connectivity index (χ2v) is 6.27. The highest BCUT2D eigenvalue weighted by Gasteiger charge is 2.32. The number of alkyl halides is 3. The number of ether oxygens (including phenoxy) is 1. The molecule has 4 rings (SSSR count). The van der Waals surface area contributed by atoms with E-state index in [0.717, 1.165) is 0 Å². The zero-order valence-electron chi connectivity index (χ0n) is 15.5. The van der Waals surface area contributed by atoms with Gasteiger partial charge in [-0.2, -0.15) is 5.10 Å². The molecule has 3 heterocycles. The fourth-order valence-corrected chi connectivity index (χ4v) is 2.97. The molecular formula is C20H14F3N5O2. The molecule has 0 unspecified atom stereocenters. The van der Waals surface area contributed by atoms with Crippen LogP contribution in [0.1, 0.15) is 16.2 Å². The van der Waals surface area contributed by atoms with Crippen molar-refractivity contribution in [2.24, 2.45) is 0 Å². The average molecular weight is 413 g/mol. The second kappa shape index (κ2) is 7.47. The molecule has 1 amide bonds. The number of pyridine rings is 1. The number of rotatable bonds is 4.